The summed E-state index contributed by atoms with van der Waals surface area (Å²) in [6, 6.07) is 4.00. The topological polar surface area (TPSA) is 37.3 Å². The summed E-state index contributed by atoms with van der Waals surface area (Å²) in [6.07, 6.45) is 7.04. The molecule has 4 rings (SSSR count). The van der Waals surface area contributed by atoms with Gasteiger partial charge in [0.05, 0.1) is 0 Å². The van der Waals surface area contributed by atoms with Crippen LogP contribution in [0.1, 0.15) is 68.6 Å². The smallest absolute Gasteiger partial charge is 0.133 e. The molecule has 5 atom stereocenters. The third-order valence-corrected chi connectivity index (χ3v) is 7.62. The quantitative estimate of drug-likeness (QED) is 0.811. The number of phenolic OH excluding ortho intramolecular Hbond substituents is 1. The van der Waals surface area contributed by atoms with E-state index >= 15 is 0 Å². The summed E-state index contributed by atoms with van der Waals surface area (Å²) in [4.78, 5) is 12.1. The van der Waals surface area contributed by atoms with Crippen LogP contribution >= 0.6 is 0 Å². The molecule has 1 aromatic carbocycles. The van der Waals surface area contributed by atoms with E-state index in [0.717, 1.165) is 24.8 Å². The summed E-state index contributed by atoms with van der Waals surface area (Å²) in [5.74, 6) is 3.11. The minimum atomic E-state index is 0.217. The van der Waals surface area contributed by atoms with Crippen molar-refractivity contribution in [1.82, 2.24) is 0 Å². The lowest BCUT2D eigenvalue weighted by Crippen LogP contribution is -2.43. The normalized spacial score (nSPS) is 38.6. The molecule has 2 heteroatoms. The first kappa shape index (κ1) is 15.2. The highest BCUT2D eigenvalue weighted by molar-refractivity contribution is 5.79. The summed E-state index contributed by atoms with van der Waals surface area (Å²) < 4.78 is 0. The van der Waals surface area contributed by atoms with E-state index in [2.05, 4.69) is 19.9 Å². The van der Waals surface area contributed by atoms with Crippen molar-refractivity contribution in [3.63, 3.8) is 0 Å². The lowest BCUT2D eigenvalue weighted by atomic mass is 9.53. The number of phenols is 1. The van der Waals surface area contributed by atoms with E-state index in [0.29, 0.717) is 29.3 Å². The van der Waals surface area contributed by atoms with Crippen molar-refractivity contribution in [3.8, 4) is 5.75 Å². The minimum absolute atomic E-state index is 0.217. The Kier molecular flexibility index (Phi) is 3.37. The summed E-state index contributed by atoms with van der Waals surface area (Å²) in [6.45, 7) is 6.26. The van der Waals surface area contributed by atoms with Gasteiger partial charge in [-0.15, -0.1) is 0 Å². The van der Waals surface area contributed by atoms with Gasteiger partial charge in [-0.25, -0.2) is 0 Å². The Morgan fingerprint density at radius 3 is 2.74 bits per heavy atom. The standard InChI is InChI=1S/C21H28O2/c1-12-19(23)9-5-14-4-6-15-16(20(12)14)10-11-21(3)17(13(2)22)7-8-18(15)21/h5,9,15-18,23H,4,6-8,10-11H2,1-3H3/t15-,16+,17-,18+,21-/m1/s1. The van der Waals surface area contributed by atoms with Crippen LogP contribution in [-0.4, -0.2) is 10.9 Å². The molecule has 0 bridgehead atoms. The van der Waals surface area contributed by atoms with E-state index in [4.69, 9.17) is 0 Å². The average molecular weight is 312 g/mol. The van der Waals surface area contributed by atoms with Crippen LogP contribution < -0.4 is 0 Å². The zero-order chi connectivity index (χ0) is 16.4. The number of rotatable bonds is 1. The summed E-state index contributed by atoms with van der Waals surface area (Å²) in [5, 5.41) is 10.2. The number of carbonyl (C=O) groups excluding carboxylic acids is 1. The van der Waals surface area contributed by atoms with Gasteiger partial charge in [0, 0.05) is 5.92 Å². The van der Waals surface area contributed by atoms with Crippen LogP contribution in [0.2, 0.25) is 0 Å². The number of aryl methyl sites for hydroxylation is 1. The number of fused-ring (bicyclic) bond motifs is 5. The third kappa shape index (κ3) is 2.03. The van der Waals surface area contributed by atoms with Crippen molar-refractivity contribution in [2.75, 3.05) is 0 Å². The van der Waals surface area contributed by atoms with Crippen LogP contribution in [0.5, 0.6) is 5.75 Å². The molecule has 1 aromatic rings. The molecular weight excluding hydrogens is 284 g/mol. The monoisotopic (exact) mass is 312 g/mol. The highest BCUT2D eigenvalue weighted by Gasteiger charge is 2.55. The van der Waals surface area contributed by atoms with Crippen molar-refractivity contribution in [2.24, 2.45) is 23.2 Å². The Hall–Kier alpha value is -1.31. The third-order valence-electron chi connectivity index (χ3n) is 7.62. The largest absolute Gasteiger partial charge is 0.508 e. The summed E-state index contributed by atoms with van der Waals surface area (Å²) in [5.41, 5.74) is 4.21. The molecule has 0 aromatic heterocycles. The van der Waals surface area contributed by atoms with E-state index in [1.54, 1.807) is 6.92 Å². The van der Waals surface area contributed by atoms with Crippen LogP contribution in [0.25, 0.3) is 0 Å². The van der Waals surface area contributed by atoms with Crippen molar-refractivity contribution in [3.05, 3.63) is 28.8 Å². The predicted molar refractivity (Wildman–Crippen MR) is 91.6 cm³/mol. The van der Waals surface area contributed by atoms with Crippen LogP contribution in [0.3, 0.4) is 0 Å². The van der Waals surface area contributed by atoms with Crippen LogP contribution in [0, 0.1) is 30.1 Å². The maximum absolute atomic E-state index is 12.1. The first-order valence-electron chi connectivity index (χ1n) is 9.25. The van der Waals surface area contributed by atoms with Gasteiger partial charge in [0.25, 0.3) is 0 Å². The number of carbonyl (C=O) groups is 1. The number of aromatic hydroxyl groups is 1. The molecule has 0 radical (unpaired) electrons. The Balaban J connectivity index is 1.73. The maximum atomic E-state index is 12.1. The predicted octanol–water partition coefficient (Wildman–Crippen LogP) is 4.76. The highest BCUT2D eigenvalue weighted by atomic mass is 16.3. The number of benzene rings is 1. The van der Waals surface area contributed by atoms with E-state index in [9.17, 15) is 9.90 Å². The van der Waals surface area contributed by atoms with E-state index in [1.807, 2.05) is 6.07 Å². The molecule has 3 aliphatic carbocycles. The average Bonchev–Trinajstić information content (AvgIpc) is 2.88. The molecular formula is C21H28O2. The second-order valence-corrected chi connectivity index (χ2v) is 8.48. The zero-order valence-electron chi connectivity index (χ0n) is 14.6. The zero-order valence-corrected chi connectivity index (χ0v) is 14.6. The molecule has 0 heterocycles. The van der Waals surface area contributed by atoms with Gasteiger partial charge >= 0.3 is 0 Å². The molecule has 2 fully saturated rings. The summed E-state index contributed by atoms with van der Waals surface area (Å²) in [7, 11) is 0. The number of hydrogen-bond acceptors (Lipinski definition) is 2. The first-order chi connectivity index (χ1) is 10.9. The Labute approximate surface area is 139 Å². The van der Waals surface area contributed by atoms with Gasteiger partial charge < -0.3 is 5.11 Å². The molecule has 2 saturated carbocycles. The Morgan fingerprint density at radius 1 is 1.22 bits per heavy atom. The molecule has 0 aliphatic heterocycles. The van der Waals surface area contributed by atoms with Gasteiger partial charge in [0.1, 0.15) is 11.5 Å². The number of Topliss-reactive ketones (excluding diaryl/α,β-unsaturated/α-hetero) is 1. The molecule has 124 valence electrons. The van der Waals surface area contributed by atoms with Gasteiger partial charge in [-0.3, -0.25) is 4.79 Å². The first-order valence-corrected chi connectivity index (χ1v) is 9.25. The van der Waals surface area contributed by atoms with Crippen LogP contribution in [-0.2, 0) is 11.2 Å². The number of hydrogen-bond donors (Lipinski definition) is 1. The molecule has 23 heavy (non-hydrogen) atoms. The highest BCUT2D eigenvalue weighted by Crippen LogP contribution is 2.63. The lowest BCUT2D eigenvalue weighted by Gasteiger charge is -2.51. The maximum Gasteiger partial charge on any atom is 0.133 e. The molecule has 0 saturated heterocycles. The Morgan fingerprint density at radius 2 is 2.00 bits per heavy atom. The fourth-order valence-electron chi connectivity index (χ4n) is 6.55. The Bertz CT molecular complexity index is 662. The molecule has 2 nitrogen and oxygen atoms in total. The van der Waals surface area contributed by atoms with E-state index in [-0.39, 0.29) is 11.3 Å². The number of ketones is 1. The lowest BCUT2D eigenvalue weighted by molar-refractivity contribution is -0.125. The van der Waals surface area contributed by atoms with Gasteiger partial charge in [-0.1, -0.05) is 13.0 Å². The second kappa shape index (κ2) is 5.09. The molecule has 0 amide bonds. The second-order valence-electron chi connectivity index (χ2n) is 8.48. The molecule has 1 N–H and O–H groups in total. The van der Waals surface area contributed by atoms with Crippen LogP contribution in [0.15, 0.2) is 12.1 Å². The fraction of sp³-hybridized carbons (Fsp3) is 0.667. The van der Waals surface area contributed by atoms with Gasteiger partial charge in [0.15, 0.2) is 0 Å². The van der Waals surface area contributed by atoms with Crippen molar-refractivity contribution in [2.45, 2.75) is 65.2 Å². The van der Waals surface area contributed by atoms with Crippen molar-refractivity contribution < 1.29 is 9.90 Å². The van der Waals surface area contributed by atoms with Gasteiger partial charge in [0.2, 0.25) is 0 Å². The summed E-state index contributed by atoms with van der Waals surface area (Å²) >= 11 is 0. The molecule has 0 spiro atoms. The fourth-order valence-corrected chi connectivity index (χ4v) is 6.55. The SMILES string of the molecule is CC(=O)[C@H]1CC[C@H]2[C@@H]3CCc4ccc(O)c(C)c4[C@H]3CC[C@]12C. The van der Waals surface area contributed by atoms with Gasteiger partial charge in [-0.05, 0) is 98.3 Å². The van der Waals surface area contributed by atoms with Crippen molar-refractivity contribution >= 4 is 5.78 Å². The van der Waals surface area contributed by atoms with E-state index in [1.165, 1.54) is 30.4 Å². The van der Waals surface area contributed by atoms with E-state index < -0.39 is 0 Å². The molecule has 3 aliphatic rings. The van der Waals surface area contributed by atoms with Crippen molar-refractivity contribution in [1.29, 1.82) is 0 Å². The minimum Gasteiger partial charge on any atom is -0.508 e. The van der Waals surface area contributed by atoms with Gasteiger partial charge in [-0.2, -0.15) is 0 Å². The van der Waals surface area contributed by atoms with Crippen LogP contribution in [0.4, 0.5) is 0 Å². The molecule has 0 unspecified atom stereocenters.